The molecule has 4 nitrogen and oxygen atoms in total. The van der Waals surface area contributed by atoms with Crippen LogP contribution in [0, 0.1) is 5.92 Å². The van der Waals surface area contributed by atoms with E-state index in [2.05, 4.69) is 5.32 Å². The lowest BCUT2D eigenvalue weighted by molar-refractivity contribution is -0.00205. The van der Waals surface area contributed by atoms with Crippen LogP contribution >= 0.6 is 0 Å². The standard InChI is InChI=1S/C17H27NO3/c1-14(16-5-3-2-4-6-16)21-13-17(19)11-18-9-7-15-8-10-20-12-15/h2-6,14-15,17-19H,7-13H2,1H3. The fraction of sp³-hybridized carbons (Fsp3) is 0.647. The van der Waals surface area contributed by atoms with Crippen molar-refractivity contribution in [1.29, 1.82) is 0 Å². The highest BCUT2D eigenvalue weighted by Gasteiger charge is 2.15. The van der Waals surface area contributed by atoms with Crippen LogP contribution in [0.4, 0.5) is 0 Å². The van der Waals surface area contributed by atoms with E-state index >= 15 is 0 Å². The molecule has 1 aromatic rings. The largest absolute Gasteiger partial charge is 0.389 e. The van der Waals surface area contributed by atoms with Crippen LogP contribution in [0.3, 0.4) is 0 Å². The summed E-state index contributed by atoms with van der Waals surface area (Å²) in [6.45, 7) is 5.67. The first kappa shape index (κ1) is 16.4. The van der Waals surface area contributed by atoms with Crippen LogP contribution in [-0.4, -0.2) is 44.1 Å². The third-order valence-corrected chi connectivity index (χ3v) is 3.94. The maximum absolute atomic E-state index is 9.92. The molecule has 118 valence electrons. The van der Waals surface area contributed by atoms with Crippen LogP contribution in [-0.2, 0) is 9.47 Å². The van der Waals surface area contributed by atoms with E-state index in [0.29, 0.717) is 19.1 Å². The van der Waals surface area contributed by atoms with E-state index in [-0.39, 0.29) is 6.10 Å². The molecule has 0 saturated carbocycles. The Balaban J connectivity index is 1.53. The van der Waals surface area contributed by atoms with Gasteiger partial charge in [0, 0.05) is 19.8 Å². The minimum atomic E-state index is -0.462. The van der Waals surface area contributed by atoms with E-state index in [1.54, 1.807) is 0 Å². The molecule has 0 aromatic heterocycles. The molecule has 2 rings (SSSR count). The topological polar surface area (TPSA) is 50.7 Å². The van der Waals surface area contributed by atoms with Crippen molar-refractivity contribution in [3.05, 3.63) is 35.9 Å². The summed E-state index contributed by atoms with van der Waals surface area (Å²) in [7, 11) is 0. The molecule has 21 heavy (non-hydrogen) atoms. The molecule has 4 heteroatoms. The number of benzene rings is 1. The molecule has 0 spiro atoms. The Kier molecular flexibility index (Phi) is 7.16. The van der Waals surface area contributed by atoms with E-state index in [4.69, 9.17) is 9.47 Å². The zero-order valence-corrected chi connectivity index (χ0v) is 12.8. The molecule has 1 aromatic carbocycles. The fourth-order valence-corrected chi connectivity index (χ4v) is 2.52. The number of hydrogen-bond donors (Lipinski definition) is 2. The lowest BCUT2D eigenvalue weighted by atomic mass is 10.1. The van der Waals surface area contributed by atoms with E-state index in [9.17, 15) is 5.11 Å². The molecular formula is C17H27NO3. The van der Waals surface area contributed by atoms with Crippen LogP contribution in [0.1, 0.15) is 31.4 Å². The van der Waals surface area contributed by atoms with Gasteiger partial charge in [-0.25, -0.2) is 0 Å². The van der Waals surface area contributed by atoms with Crippen molar-refractivity contribution in [3.8, 4) is 0 Å². The number of aliphatic hydroxyl groups excluding tert-OH is 1. The molecule has 1 heterocycles. The Morgan fingerprint density at radius 2 is 2.19 bits per heavy atom. The maximum atomic E-state index is 9.92. The smallest absolute Gasteiger partial charge is 0.0897 e. The maximum Gasteiger partial charge on any atom is 0.0897 e. The molecule has 1 saturated heterocycles. The monoisotopic (exact) mass is 293 g/mol. The number of nitrogens with one attached hydrogen (secondary N) is 1. The van der Waals surface area contributed by atoms with Gasteiger partial charge >= 0.3 is 0 Å². The molecule has 3 unspecified atom stereocenters. The van der Waals surface area contributed by atoms with E-state index in [0.717, 1.165) is 31.7 Å². The number of ether oxygens (including phenoxy) is 2. The van der Waals surface area contributed by atoms with Gasteiger partial charge in [-0.1, -0.05) is 30.3 Å². The Hall–Kier alpha value is -0.940. The lowest BCUT2D eigenvalue weighted by Crippen LogP contribution is -2.32. The molecule has 1 aliphatic heterocycles. The molecule has 3 atom stereocenters. The van der Waals surface area contributed by atoms with Gasteiger partial charge in [0.1, 0.15) is 0 Å². The quantitative estimate of drug-likeness (QED) is 0.685. The highest BCUT2D eigenvalue weighted by atomic mass is 16.5. The first-order valence-corrected chi connectivity index (χ1v) is 7.88. The number of rotatable bonds is 9. The van der Waals surface area contributed by atoms with E-state index < -0.39 is 6.10 Å². The second kappa shape index (κ2) is 9.15. The van der Waals surface area contributed by atoms with Crippen LogP contribution in [0.15, 0.2) is 30.3 Å². The summed E-state index contributed by atoms with van der Waals surface area (Å²) in [4.78, 5) is 0. The van der Waals surface area contributed by atoms with Crippen LogP contribution in [0.25, 0.3) is 0 Å². The normalized spacial score (nSPS) is 21.3. The van der Waals surface area contributed by atoms with Gasteiger partial charge in [0.25, 0.3) is 0 Å². The van der Waals surface area contributed by atoms with Gasteiger partial charge in [0.2, 0.25) is 0 Å². The first-order valence-electron chi connectivity index (χ1n) is 7.88. The Morgan fingerprint density at radius 1 is 1.38 bits per heavy atom. The van der Waals surface area contributed by atoms with Crippen LogP contribution < -0.4 is 5.32 Å². The van der Waals surface area contributed by atoms with Gasteiger partial charge in [0.15, 0.2) is 0 Å². The zero-order chi connectivity index (χ0) is 14.9. The van der Waals surface area contributed by atoms with Crippen LogP contribution in [0.2, 0.25) is 0 Å². The second-order valence-electron chi connectivity index (χ2n) is 5.76. The van der Waals surface area contributed by atoms with Crippen molar-refractivity contribution in [2.45, 2.75) is 32.0 Å². The van der Waals surface area contributed by atoms with Gasteiger partial charge in [-0.15, -0.1) is 0 Å². The lowest BCUT2D eigenvalue weighted by Gasteiger charge is -2.17. The summed E-state index contributed by atoms with van der Waals surface area (Å²) in [6.07, 6.45) is 1.84. The van der Waals surface area contributed by atoms with Crippen molar-refractivity contribution < 1.29 is 14.6 Å². The fourth-order valence-electron chi connectivity index (χ4n) is 2.52. The predicted octanol–water partition coefficient (Wildman–Crippen LogP) is 2.14. The molecule has 0 radical (unpaired) electrons. The summed E-state index contributed by atoms with van der Waals surface area (Å²) in [5, 5.41) is 13.2. The number of hydrogen-bond acceptors (Lipinski definition) is 4. The van der Waals surface area contributed by atoms with Gasteiger partial charge in [-0.3, -0.25) is 0 Å². The summed E-state index contributed by atoms with van der Waals surface area (Å²) in [5.74, 6) is 0.684. The first-order chi connectivity index (χ1) is 10.3. The van der Waals surface area contributed by atoms with Gasteiger partial charge in [-0.2, -0.15) is 0 Å². The molecular weight excluding hydrogens is 266 g/mol. The van der Waals surface area contributed by atoms with Crippen molar-refractivity contribution in [3.63, 3.8) is 0 Å². The number of aliphatic hydroxyl groups is 1. The third kappa shape index (κ3) is 6.14. The Morgan fingerprint density at radius 3 is 2.90 bits per heavy atom. The highest BCUT2D eigenvalue weighted by molar-refractivity contribution is 5.16. The van der Waals surface area contributed by atoms with Crippen molar-refractivity contribution >= 4 is 0 Å². The minimum Gasteiger partial charge on any atom is -0.389 e. The SMILES string of the molecule is CC(OCC(O)CNCCC1CCOC1)c1ccccc1. The summed E-state index contributed by atoms with van der Waals surface area (Å²) < 4.78 is 11.1. The van der Waals surface area contributed by atoms with E-state index in [1.165, 1.54) is 6.42 Å². The van der Waals surface area contributed by atoms with Gasteiger partial charge in [-0.05, 0) is 37.8 Å². The Labute approximate surface area is 127 Å². The second-order valence-corrected chi connectivity index (χ2v) is 5.76. The van der Waals surface area contributed by atoms with Crippen molar-refractivity contribution in [2.24, 2.45) is 5.92 Å². The van der Waals surface area contributed by atoms with E-state index in [1.807, 2.05) is 37.3 Å². The molecule has 1 aliphatic rings. The highest BCUT2D eigenvalue weighted by Crippen LogP contribution is 2.16. The summed E-state index contributed by atoms with van der Waals surface area (Å²) >= 11 is 0. The Bertz CT molecular complexity index is 379. The predicted molar refractivity (Wildman–Crippen MR) is 83.2 cm³/mol. The van der Waals surface area contributed by atoms with Gasteiger partial charge < -0.3 is 19.9 Å². The molecule has 1 fully saturated rings. The molecule has 0 amide bonds. The molecule has 0 bridgehead atoms. The molecule has 2 N–H and O–H groups in total. The summed E-state index contributed by atoms with van der Waals surface area (Å²) in [5.41, 5.74) is 1.14. The average Bonchev–Trinajstić information content (AvgIpc) is 3.03. The zero-order valence-electron chi connectivity index (χ0n) is 12.8. The molecule has 0 aliphatic carbocycles. The van der Waals surface area contributed by atoms with Crippen molar-refractivity contribution in [2.75, 3.05) is 32.9 Å². The minimum absolute atomic E-state index is 0.0106. The average molecular weight is 293 g/mol. The van der Waals surface area contributed by atoms with Crippen LogP contribution in [0.5, 0.6) is 0 Å². The third-order valence-electron chi connectivity index (χ3n) is 3.94. The van der Waals surface area contributed by atoms with Crippen molar-refractivity contribution in [1.82, 2.24) is 5.32 Å². The van der Waals surface area contributed by atoms with Gasteiger partial charge in [0.05, 0.1) is 18.8 Å². The summed E-state index contributed by atoms with van der Waals surface area (Å²) in [6, 6.07) is 10.1.